The van der Waals surface area contributed by atoms with Gasteiger partial charge in [0.1, 0.15) is 0 Å². The van der Waals surface area contributed by atoms with Crippen molar-refractivity contribution in [2.75, 3.05) is 6.54 Å². The first-order valence-electron chi connectivity index (χ1n) is 7.77. The number of rotatable bonds is 9. The number of nitrogens with one attached hydrogen (secondary N) is 2. The molecule has 1 amide bonds. The van der Waals surface area contributed by atoms with Gasteiger partial charge in [0, 0.05) is 19.0 Å². The first-order valence-corrected chi connectivity index (χ1v) is 9.25. The smallest absolute Gasteiger partial charge is 0.240 e. The van der Waals surface area contributed by atoms with Gasteiger partial charge < -0.3 is 5.32 Å². The molecule has 5 nitrogen and oxygen atoms in total. The zero-order valence-electron chi connectivity index (χ0n) is 13.6. The van der Waals surface area contributed by atoms with Crippen LogP contribution in [0.15, 0.2) is 29.2 Å². The number of sulfonamides is 1. The van der Waals surface area contributed by atoms with Crippen molar-refractivity contribution in [3.8, 4) is 0 Å². The molecule has 0 radical (unpaired) electrons. The summed E-state index contributed by atoms with van der Waals surface area (Å²) >= 11 is 0. The maximum atomic E-state index is 11.8. The molecule has 2 N–H and O–H groups in total. The van der Waals surface area contributed by atoms with Gasteiger partial charge in [-0.05, 0) is 37.5 Å². The first-order chi connectivity index (χ1) is 10.4. The molecule has 0 aliphatic carbocycles. The summed E-state index contributed by atoms with van der Waals surface area (Å²) in [7, 11) is -3.41. The van der Waals surface area contributed by atoms with Crippen LogP contribution in [0.25, 0.3) is 0 Å². The second-order valence-electron chi connectivity index (χ2n) is 5.40. The second-order valence-corrected chi connectivity index (χ2v) is 7.17. The largest absolute Gasteiger partial charge is 0.354 e. The molecule has 1 aromatic rings. The summed E-state index contributed by atoms with van der Waals surface area (Å²) < 4.78 is 26.1. The highest BCUT2D eigenvalue weighted by Crippen LogP contribution is 2.11. The Bertz CT molecular complexity index is 568. The zero-order valence-corrected chi connectivity index (χ0v) is 14.4. The Labute approximate surface area is 133 Å². The van der Waals surface area contributed by atoms with E-state index in [1.165, 1.54) is 0 Å². The summed E-state index contributed by atoms with van der Waals surface area (Å²) in [5, 5.41) is 2.96. The fraction of sp³-hybridized carbons (Fsp3) is 0.562. The van der Waals surface area contributed by atoms with Gasteiger partial charge >= 0.3 is 0 Å². The molecule has 0 aromatic heterocycles. The molecule has 1 aromatic carbocycles. The van der Waals surface area contributed by atoms with Crippen molar-refractivity contribution in [2.45, 2.75) is 57.4 Å². The molecule has 0 spiro atoms. The van der Waals surface area contributed by atoms with Crippen LogP contribution in [-0.2, 0) is 21.2 Å². The van der Waals surface area contributed by atoms with Crippen LogP contribution >= 0.6 is 0 Å². The number of hydrogen-bond acceptors (Lipinski definition) is 3. The van der Waals surface area contributed by atoms with Gasteiger partial charge in [0.2, 0.25) is 15.9 Å². The van der Waals surface area contributed by atoms with Gasteiger partial charge in [0.15, 0.2) is 0 Å². The van der Waals surface area contributed by atoms with Crippen LogP contribution < -0.4 is 10.0 Å². The van der Waals surface area contributed by atoms with E-state index in [0.29, 0.717) is 19.4 Å². The predicted molar refractivity (Wildman–Crippen MR) is 88.1 cm³/mol. The molecule has 124 valence electrons. The van der Waals surface area contributed by atoms with Crippen LogP contribution in [0, 0.1) is 0 Å². The van der Waals surface area contributed by atoms with Crippen LogP contribution in [-0.4, -0.2) is 26.9 Å². The lowest BCUT2D eigenvalue weighted by Gasteiger charge is -2.12. The first kappa shape index (κ1) is 18.6. The molecule has 0 fully saturated rings. The standard InChI is InChI=1S/C16H26N2O3S/c1-4-6-13(3)18-16(19)12-9-14-7-10-15(11-8-14)22(20,21)17-5-2/h7-8,10-11,13,17H,4-6,9,12H2,1-3H3,(H,18,19)/t13-/m0/s1. The third-order valence-corrected chi connectivity index (χ3v) is 4.90. The molecule has 1 atom stereocenters. The summed E-state index contributed by atoms with van der Waals surface area (Å²) in [5.41, 5.74) is 0.953. The molecule has 0 unspecified atom stereocenters. The van der Waals surface area contributed by atoms with Crippen molar-refractivity contribution in [2.24, 2.45) is 0 Å². The number of carbonyl (C=O) groups excluding carboxylic acids is 1. The third kappa shape index (κ3) is 6.15. The summed E-state index contributed by atoms with van der Waals surface area (Å²) in [6, 6.07) is 6.86. The van der Waals surface area contributed by atoms with E-state index in [0.717, 1.165) is 18.4 Å². The van der Waals surface area contributed by atoms with Gasteiger partial charge in [-0.2, -0.15) is 0 Å². The zero-order chi connectivity index (χ0) is 16.6. The number of benzene rings is 1. The van der Waals surface area contributed by atoms with Crippen LogP contribution in [0.4, 0.5) is 0 Å². The minimum Gasteiger partial charge on any atom is -0.354 e. The van der Waals surface area contributed by atoms with Crippen molar-refractivity contribution >= 4 is 15.9 Å². The van der Waals surface area contributed by atoms with Gasteiger partial charge in [-0.1, -0.05) is 32.4 Å². The molecule has 6 heteroatoms. The minimum atomic E-state index is -3.41. The highest BCUT2D eigenvalue weighted by Gasteiger charge is 2.12. The van der Waals surface area contributed by atoms with Crippen LogP contribution in [0.3, 0.4) is 0 Å². The van der Waals surface area contributed by atoms with E-state index in [4.69, 9.17) is 0 Å². The van der Waals surface area contributed by atoms with Gasteiger partial charge in [0.25, 0.3) is 0 Å². The fourth-order valence-corrected chi connectivity index (χ4v) is 3.26. The minimum absolute atomic E-state index is 0.0327. The van der Waals surface area contributed by atoms with Crippen molar-refractivity contribution in [3.05, 3.63) is 29.8 Å². The molecule has 0 heterocycles. The second kappa shape index (κ2) is 8.90. The van der Waals surface area contributed by atoms with Gasteiger partial charge in [-0.3, -0.25) is 4.79 Å². The lowest BCUT2D eigenvalue weighted by atomic mass is 10.1. The number of carbonyl (C=O) groups is 1. The molecule has 0 aliphatic rings. The SMILES string of the molecule is CCC[C@H](C)NC(=O)CCc1ccc(S(=O)(=O)NCC)cc1. The molecular formula is C16H26N2O3S. The van der Waals surface area contributed by atoms with E-state index >= 15 is 0 Å². The third-order valence-electron chi connectivity index (χ3n) is 3.34. The van der Waals surface area contributed by atoms with Gasteiger partial charge in [0.05, 0.1) is 4.90 Å². The van der Waals surface area contributed by atoms with Crippen molar-refractivity contribution < 1.29 is 13.2 Å². The number of hydrogen-bond donors (Lipinski definition) is 2. The fourth-order valence-electron chi connectivity index (χ4n) is 2.22. The van der Waals surface area contributed by atoms with E-state index in [1.807, 2.05) is 6.92 Å². The van der Waals surface area contributed by atoms with E-state index in [-0.39, 0.29) is 16.8 Å². The Hall–Kier alpha value is -1.40. The van der Waals surface area contributed by atoms with Crippen molar-refractivity contribution in [1.82, 2.24) is 10.0 Å². The van der Waals surface area contributed by atoms with E-state index in [2.05, 4.69) is 17.0 Å². The van der Waals surface area contributed by atoms with Gasteiger partial charge in [-0.25, -0.2) is 13.1 Å². The van der Waals surface area contributed by atoms with Crippen molar-refractivity contribution in [3.63, 3.8) is 0 Å². The average Bonchev–Trinajstić information content (AvgIpc) is 2.45. The molecule has 1 rings (SSSR count). The van der Waals surface area contributed by atoms with Crippen LogP contribution in [0.5, 0.6) is 0 Å². The van der Waals surface area contributed by atoms with Gasteiger partial charge in [-0.15, -0.1) is 0 Å². The quantitative estimate of drug-likeness (QED) is 0.730. The maximum Gasteiger partial charge on any atom is 0.240 e. The average molecular weight is 326 g/mol. The lowest BCUT2D eigenvalue weighted by molar-refractivity contribution is -0.121. The van der Waals surface area contributed by atoms with E-state index < -0.39 is 10.0 Å². The normalized spacial score (nSPS) is 12.9. The summed E-state index contributed by atoms with van der Waals surface area (Å²) in [6.07, 6.45) is 3.03. The Morgan fingerprint density at radius 2 is 1.82 bits per heavy atom. The monoisotopic (exact) mass is 326 g/mol. The molecule has 0 bridgehead atoms. The van der Waals surface area contributed by atoms with Crippen LogP contribution in [0.1, 0.15) is 45.6 Å². The Balaban J connectivity index is 2.53. The number of aryl methyl sites for hydroxylation is 1. The Morgan fingerprint density at radius 1 is 1.18 bits per heavy atom. The molecule has 22 heavy (non-hydrogen) atoms. The Kier molecular flexibility index (Phi) is 7.55. The van der Waals surface area contributed by atoms with Crippen LogP contribution in [0.2, 0.25) is 0 Å². The van der Waals surface area contributed by atoms with E-state index in [9.17, 15) is 13.2 Å². The highest BCUT2D eigenvalue weighted by atomic mass is 32.2. The maximum absolute atomic E-state index is 11.8. The molecule has 0 aliphatic heterocycles. The highest BCUT2D eigenvalue weighted by molar-refractivity contribution is 7.89. The van der Waals surface area contributed by atoms with E-state index in [1.54, 1.807) is 31.2 Å². The van der Waals surface area contributed by atoms with Crippen molar-refractivity contribution in [1.29, 1.82) is 0 Å². The molecular weight excluding hydrogens is 300 g/mol. The molecule has 0 saturated carbocycles. The number of amides is 1. The lowest BCUT2D eigenvalue weighted by Crippen LogP contribution is -2.32. The predicted octanol–water partition coefficient (Wildman–Crippen LogP) is 2.22. The topological polar surface area (TPSA) is 75.3 Å². The summed E-state index contributed by atoms with van der Waals surface area (Å²) in [5.74, 6) is 0.0327. The summed E-state index contributed by atoms with van der Waals surface area (Å²) in [6.45, 7) is 6.19. The Morgan fingerprint density at radius 3 is 2.36 bits per heavy atom. The summed E-state index contributed by atoms with van der Waals surface area (Å²) in [4.78, 5) is 12.0. The molecule has 0 saturated heterocycles.